The molecule has 11 aromatic rings. The van der Waals surface area contributed by atoms with E-state index in [0.717, 1.165) is 38.8 Å². The highest BCUT2D eigenvalue weighted by Gasteiger charge is 2.36. The highest BCUT2D eigenvalue weighted by Crippen LogP contribution is 2.54. The molecular formula is C51H33NOS. The van der Waals surface area contributed by atoms with E-state index >= 15 is 0 Å². The molecule has 0 radical (unpaired) electrons. The van der Waals surface area contributed by atoms with Gasteiger partial charge in [-0.1, -0.05) is 141 Å². The summed E-state index contributed by atoms with van der Waals surface area (Å²) in [5, 5.41) is 7.45. The number of thiophene rings is 1. The third kappa shape index (κ3) is 4.00. The number of hydrogen-bond acceptors (Lipinski definition) is 2. The maximum absolute atomic E-state index is 6.44. The number of fused-ring (bicyclic) bond motifs is 13. The first-order valence-electron chi connectivity index (χ1n) is 18.7. The van der Waals surface area contributed by atoms with Crippen molar-refractivity contribution in [3.63, 3.8) is 0 Å². The van der Waals surface area contributed by atoms with Crippen LogP contribution in [0.4, 0.5) is 0 Å². The minimum absolute atomic E-state index is 0.00803. The van der Waals surface area contributed by atoms with Gasteiger partial charge in [0.15, 0.2) is 0 Å². The first-order chi connectivity index (χ1) is 26.5. The number of aromatic nitrogens is 1. The largest absolute Gasteiger partial charge is 0.455 e. The third-order valence-corrected chi connectivity index (χ3v) is 13.3. The van der Waals surface area contributed by atoms with Crippen molar-refractivity contribution >= 4 is 75.3 Å². The fraction of sp³-hybridized carbons (Fsp3) is 0.0588. The zero-order valence-corrected chi connectivity index (χ0v) is 30.7. The quantitative estimate of drug-likeness (QED) is 0.179. The van der Waals surface area contributed by atoms with Crippen LogP contribution in [0.2, 0.25) is 0 Å². The highest BCUT2D eigenvalue weighted by molar-refractivity contribution is 7.27. The number of hydrogen-bond donors (Lipinski definition) is 0. The van der Waals surface area contributed by atoms with Crippen molar-refractivity contribution in [2.24, 2.45) is 0 Å². The fourth-order valence-electron chi connectivity index (χ4n) is 9.45. The van der Waals surface area contributed by atoms with Crippen molar-refractivity contribution in [1.82, 2.24) is 4.57 Å². The van der Waals surface area contributed by atoms with Crippen LogP contribution in [0.1, 0.15) is 25.0 Å². The van der Waals surface area contributed by atoms with E-state index in [1.807, 2.05) is 17.4 Å². The van der Waals surface area contributed by atoms with Crippen molar-refractivity contribution in [2.75, 3.05) is 0 Å². The number of rotatable bonds is 3. The van der Waals surface area contributed by atoms with Crippen LogP contribution in [0.5, 0.6) is 0 Å². The fourth-order valence-corrected chi connectivity index (χ4v) is 10.8. The second-order valence-electron chi connectivity index (χ2n) is 15.2. The molecule has 1 aliphatic carbocycles. The second-order valence-corrected chi connectivity index (χ2v) is 16.3. The molecule has 3 heteroatoms. The van der Waals surface area contributed by atoms with Gasteiger partial charge in [-0.2, -0.15) is 0 Å². The molecule has 0 bridgehead atoms. The molecule has 0 N–H and O–H groups in total. The molecule has 0 amide bonds. The molecule has 0 spiro atoms. The van der Waals surface area contributed by atoms with Gasteiger partial charge in [0, 0.05) is 63.9 Å². The van der Waals surface area contributed by atoms with Crippen LogP contribution in [-0.2, 0) is 5.41 Å². The van der Waals surface area contributed by atoms with Crippen molar-refractivity contribution in [3.05, 3.63) is 175 Å². The Kier molecular flexibility index (Phi) is 6.03. The standard InChI is InChI=1S/C51H33NOS/c1-51(2)42-18-6-3-13-40(42)47-43(51)27-26-39-38-17-10-15-34(49(38)54-50(39)47)30-21-24-32(25-22-30)52-44-19-7-4-11-35(44)41-29-31(23-28-45(41)52)33-14-9-16-37-36-12-5-8-20-46(36)53-48(33)37/h3-29H,1-2H3. The minimum Gasteiger partial charge on any atom is -0.455 e. The van der Waals surface area contributed by atoms with Gasteiger partial charge in [0.2, 0.25) is 0 Å². The van der Waals surface area contributed by atoms with Gasteiger partial charge in [-0.15, -0.1) is 11.3 Å². The smallest absolute Gasteiger partial charge is 0.143 e. The SMILES string of the molecule is CC1(C)c2ccccc2-c2c1ccc1c2sc2c(-c3ccc(-n4c5ccccc5c5cc(-c6cccc7c6oc6ccccc67)ccc54)cc3)cccc21. The molecule has 12 rings (SSSR count). The first kappa shape index (κ1) is 30.1. The molecule has 8 aromatic carbocycles. The molecule has 0 unspecified atom stereocenters. The van der Waals surface area contributed by atoms with E-state index in [9.17, 15) is 0 Å². The summed E-state index contributed by atoms with van der Waals surface area (Å²) in [6.45, 7) is 4.73. The van der Waals surface area contributed by atoms with Crippen molar-refractivity contribution in [2.45, 2.75) is 19.3 Å². The Bertz CT molecular complexity index is 3350. The lowest BCUT2D eigenvalue weighted by Crippen LogP contribution is -2.14. The van der Waals surface area contributed by atoms with E-state index < -0.39 is 0 Å². The summed E-state index contributed by atoms with van der Waals surface area (Å²) in [5.41, 5.74) is 15.8. The van der Waals surface area contributed by atoms with Gasteiger partial charge in [0.25, 0.3) is 0 Å². The lowest BCUT2D eigenvalue weighted by atomic mass is 9.82. The summed E-state index contributed by atoms with van der Waals surface area (Å²) in [6, 6.07) is 60.1. The Labute approximate surface area is 316 Å². The summed E-state index contributed by atoms with van der Waals surface area (Å²) in [7, 11) is 0. The van der Waals surface area contributed by atoms with Crippen LogP contribution in [-0.4, -0.2) is 4.57 Å². The number of benzene rings is 8. The zero-order valence-electron chi connectivity index (χ0n) is 29.9. The van der Waals surface area contributed by atoms with Gasteiger partial charge in [0.05, 0.1) is 11.0 Å². The molecule has 3 heterocycles. The van der Waals surface area contributed by atoms with E-state index in [2.05, 4.69) is 176 Å². The predicted octanol–water partition coefficient (Wildman–Crippen LogP) is 14.7. The average molecular weight is 708 g/mol. The Morgan fingerprint density at radius 2 is 1.13 bits per heavy atom. The normalized spacial score (nSPS) is 13.5. The molecule has 54 heavy (non-hydrogen) atoms. The van der Waals surface area contributed by atoms with Crippen LogP contribution in [0.25, 0.3) is 103 Å². The number of nitrogens with zero attached hydrogens (tertiary/aromatic N) is 1. The Morgan fingerprint density at radius 3 is 2.02 bits per heavy atom. The summed E-state index contributed by atoms with van der Waals surface area (Å²) >= 11 is 1.95. The molecule has 0 aliphatic heterocycles. The van der Waals surface area contributed by atoms with Gasteiger partial charge in [0.1, 0.15) is 11.2 Å². The molecule has 0 saturated heterocycles. The minimum atomic E-state index is -0.00803. The topological polar surface area (TPSA) is 18.1 Å². The van der Waals surface area contributed by atoms with E-state index in [-0.39, 0.29) is 5.41 Å². The lowest BCUT2D eigenvalue weighted by molar-refractivity contribution is 0.661. The zero-order chi connectivity index (χ0) is 35.7. The van der Waals surface area contributed by atoms with E-state index in [4.69, 9.17) is 4.42 Å². The number of para-hydroxylation sites is 3. The lowest BCUT2D eigenvalue weighted by Gasteiger charge is -2.21. The molecule has 0 saturated carbocycles. The van der Waals surface area contributed by atoms with Crippen molar-refractivity contribution in [1.29, 1.82) is 0 Å². The summed E-state index contributed by atoms with van der Waals surface area (Å²) in [4.78, 5) is 0. The van der Waals surface area contributed by atoms with Crippen LogP contribution in [0.15, 0.2) is 168 Å². The Morgan fingerprint density at radius 1 is 0.463 bits per heavy atom. The van der Waals surface area contributed by atoms with Gasteiger partial charge >= 0.3 is 0 Å². The van der Waals surface area contributed by atoms with Crippen LogP contribution in [0.3, 0.4) is 0 Å². The monoisotopic (exact) mass is 707 g/mol. The Balaban J connectivity index is 0.988. The molecule has 2 nitrogen and oxygen atoms in total. The Hall–Kier alpha value is -6.42. The van der Waals surface area contributed by atoms with Crippen LogP contribution < -0.4 is 0 Å². The van der Waals surface area contributed by atoms with Crippen molar-refractivity contribution < 1.29 is 4.42 Å². The van der Waals surface area contributed by atoms with Gasteiger partial charge in [-0.25, -0.2) is 0 Å². The van der Waals surface area contributed by atoms with E-state index in [0.29, 0.717) is 0 Å². The first-order valence-corrected chi connectivity index (χ1v) is 19.5. The van der Waals surface area contributed by atoms with Gasteiger partial charge in [-0.3, -0.25) is 0 Å². The van der Waals surface area contributed by atoms with Crippen LogP contribution in [0, 0.1) is 0 Å². The maximum atomic E-state index is 6.44. The third-order valence-electron chi connectivity index (χ3n) is 12.0. The number of furan rings is 1. The maximum Gasteiger partial charge on any atom is 0.143 e. The highest BCUT2D eigenvalue weighted by atomic mass is 32.1. The van der Waals surface area contributed by atoms with Crippen LogP contribution >= 0.6 is 11.3 Å². The molecule has 1 aliphatic rings. The molecular weight excluding hydrogens is 675 g/mol. The van der Waals surface area contributed by atoms with Gasteiger partial charge in [-0.05, 0) is 69.8 Å². The molecule has 3 aromatic heterocycles. The molecule has 254 valence electrons. The van der Waals surface area contributed by atoms with Gasteiger partial charge < -0.3 is 8.98 Å². The molecule has 0 atom stereocenters. The van der Waals surface area contributed by atoms with E-state index in [1.165, 1.54) is 75.4 Å². The average Bonchev–Trinajstić information content (AvgIpc) is 3.95. The summed E-state index contributed by atoms with van der Waals surface area (Å²) < 4.78 is 11.6. The summed E-state index contributed by atoms with van der Waals surface area (Å²) in [6.07, 6.45) is 0. The molecule has 0 fully saturated rings. The predicted molar refractivity (Wildman–Crippen MR) is 229 cm³/mol. The summed E-state index contributed by atoms with van der Waals surface area (Å²) in [5.74, 6) is 0. The van der Waals surface area contributed by atoms with Crippen molar-refractivity contribution in [3.8, 4) is 39.1 Å². The second kappa shape index (κ2) is 10.8. The van der Waals surface area contributed by atoms with E-state index in [1.54, 1.807) is 0 Å².